The Morgan fingerprint density at radius 3 is 2.90 bits per heavy atom. The summed E-state index contributed by atoms with van der Waals surface area (Å²) in [5, 5.41) is 8.22. The number of rotatable bonds is 4. The van der Waals surface area contributed by atoms with Gasteiger partial charge in [-0.3, -0.25) is 4.90 Å². The van der Waals surface area contributed by atoms with Gasteiger partial charge in [0.1, 0.15) is 12.2 Å². The number of hydrogen-bond donors (Lipinski definition) is 1. The summed E-state index contributed by atoms with van der Waals surface area (Å²) in [4.78, 5) is 7.08. The average Bonchev–Trinajstić information content (AvgIpc) is 2.83. The lowest BCUT2D eigenvalue weighted by Gasteiger charge is -2.40. The van der Waals surface area contributed by atoms with E-state index < -0.39 is 0 Å². The van der Waals surface area contributed by atoms with E-state index in [1.807, 2.05) is 0 Å². The summed E-state index contributed by atoms with van der Waals surface area (Å²) in [7, 11) is 0. The Bertz CT molecular complexity index is 436. The van der Waals surface area contributed by atoms with Gasteiger partial charge in [-0.15, -0.1) is 0 Å². The van der Waals surface area contributed by atoms with Gasteiger partial charge >= 0.3 is 0 Å². The summed E-state index contributed by atoms with van der Waals surface area (Å²) in [6.45, 7) is 7.63. The van der Waals surface area contributed by atoms with Gasteiger partial charge in [0, 0.05) is 18.6 Å². The van der Waals surface area contributed by atoms with E-state index in [0.717, 1.165) is 31.9 Å². The predicted octanol–water partition coefficient (Wildman–Crippen LogP) is 2.19. The molecule has 2 fully saturated rings. The number of nitrogens with one attached hydrogen (secondary N) is 1. The molecule has 2 aliphatic rings. The van der Waals surface area contributed by atoms with E-state index in [4.69, 9.17) is 0 Å². The highest BCUT2D eigenvalue weighted by molar-refractivity contribution is 4.96. The molecule has 1 saturated heterocycles. The zero-order valence-corrected chi connectivity index (χ0v) is 13.4. The summed E-state index contributed by atoms with van der Waals surface area (Å²) >= 11 is 0. The van der Waals surface area contributed by atoms with Crippen molar-refractivity contribution in [3.05, 3.63) is 12.2 Å². The molecule has 5 heteroatoms. The zero-order chi connectivity index (χ0) is 14.5. The van der Waals surface area contributed by atoms with Crippen molar-refractivity contribution in [3.8, 4) is 0 Å². The summed E-state index contributed by atoms with van der Waals surface area (Å²) in [5.41, 5.74) is 0.365. The molecule has 0 unspecified atom stereocenters. The Hall–Kier alpha value is -0.940. The molecule has 0 atom stereocenters. The number of aromatic nitrogens is 3. The van der Waals surface area contributed by atoms with Crippen molar-refractivity contribution in [2.45, 2.75) is 70.5 Å². The van der Waals surface area contributed by atoms with Gasteiger partial charge in [0.15, 0.2) is 0 Å². The van der Waals surface area contributed by atoms with Crippen molar-refractivity contribution < 1.29 is 0 Å². The maximum absolute atomic E-state index is 4.48. The lowest BCUT2D eigenvalue weighted by atomic mass is 9.81. The van der Waals surface area contributed by atoms with Gasteiger partial charge in [-0.2, -0.15) is 5.10 Å². The number of hydrogen-bond acceptors (Lipinski definition) is 4. The minimum Gasteiger partial charge on any atom is -0.310 e. The van der Waals surface area contributed by atoms with E-state index in [9.17, 15) is 0 Å². The molecular formula is C16H29N5. The van der Waals surface area contributed by atoms with Crippen molar-refractivity contribution in [3.63, 3.8) is 0 Å². The van der Waals surface area contributed by atoms with Crippen molar-refractivity contribution in [2.75, 3.05) is 19.6 Å². The SMILES string of the molecule is CCCn1ncnc1CN1CCCNC2(CCCCC2)C1. The van der Waals surface area contributed by atoms with Crippen LogP contribution in [0.5, 0.6) is 0 Å². The van der Waals surface area contributed by atoms with Crippen LogP contribution in [-0.2, 0) is 13.1 Å². The lowest BCUT2D eigenvalue weighted by Crippen LogP contribution is -2.52. The van der Waals surface area contributed by atoms with Crippen LogP contribution >= 0.6 is 0 Å². The van der Waals surface area contributed by atoms with E-state index in [1.54, 1.807) is 6.33 Å². The largest absolute Gasteiger partial charge is 0.310 e. The van der Waals surface area contributed by atoms with Gasteiger partial charge in [0.2, 0.25) is 0 Å². The van der Waals surface area contributed by atoms with Crippen LogP contribution in [0.15, 0.2) is 6.33 Å². The fourth-order valence-electron chi connectivity index (χ4n) is 3.93. The van der Waals surface area contributed by atoms with Gasteiger partial charge in [-0.1, -0.05) is 26.2 Å². The summed E-state index contributed by atoms with van der Waals surface area (Å²) in [6.07, 6.45) is 10.9. The van der Waals surface area contributed by atoms with E-state index in [2.05, 4.69) is 31.9 Å². The standard InChI is InChI=1S/C16H29N5/c1-2-10-21-15(17-14-19-21)12-20-11-6-9-18-16(13-20)7-4-3-5-8-16/h14,18H,2-13H2,1H3. The molecule has 21 heavy (non-hydrogen) atoms. The molecule has 1 N–H and O–H groups in total. The second-order valence-electron chi connectivity index (χ2n) is 6.73. The number of nitrogens with zero attached hydrogens (tertiary/aromatic N) is 4. The van der Waals surface area contributed by atoms with E-state index >= 15 is 0 Å². The molecule has 1 saturated carbocycles. The molecule has 118 valence electrons. The van der Waals surface area contributed by atoms with Crippen molar-refractivity contribution in [1.29, 1.82) is 0 Å². The van der Waals surface area contributed by atoms with Crippen LogP contribution < -0.4 is 5.32 Å². The fourth-order valence-corrected chi connectivity index (χ4v) is 3.93. The topological polar surface area (TPSA) is 46.0 Å². The maximum Gasteiger partial charge on any atom is 0.141 e. The zero-order valence-electron chi connectivity index (χ0n) is 13.4. The highest BCUT2D eigenvalue weighted by Crippen LogP contribution is 2.30. The molecule has 5 nitrogen and oxygen atoms in total. The van der Waals surface area contributed by atoms with Crippen LogP contribution in [0.1, 0.15) is 57.7 Å². The third-order valence-corrected chi connectivity index (χ3v) is 4.98. The Labute approximate surface area is 128 Å². The first-order valence-corrected chi connectivity index (χ1v) is 8.65. The highest BCUT2D eigenvalue weighted by atomic mass is 15.3. The second-order valence-corrected chi connectivity index (χ2v) is 6.73. The van der Waals surface area contributed by atoms with Gasteiger partial charge in [0.05, 0.1) is 6.54 Å². The predicted molar refractivity (Wildman–Crippen MR) is 84.0 cm³/mol. The average molecular weight is 291 g/mol. The molecule has 0 aromatic carbocycles. The van der Waals surface area contributed by atoms with Gasteiger partial charge in [-0.05, 0) is 38.8 Å². The molecule has 0 radical (unpaired) electrons. The Morgan fingerprint density at radius 1 is 1.24 bits per heavy atom. The smallest absolute Gasteiger partial charge is 0.141 e. The second kappa shape index (κ2) is 6.88. The van der Waals surface area contributed by atoms with Crippen LogP contribution in [0.4, 0.5) is 0 Å². The van der Waals surface area contributed by atoms with E-state index in [-0.39, 0.29) is 0 Å². The molecule has 1 spiro atoms. The first-order chi connectivity index (χ1) is 10.3. The van der Waals surface area contributed by atoms with Gasteiger partial charge in [0.25, 0.3) is 0 Å². The monoisotopic (exact) mass is 291 g/mol. The van der Waals surface area contributed by atoms with Crippen molar-refractivity contribution in [1.82, 2.24) is 25.0 Å². The first kappa shape index (κ1) is 15.0. The third kappa shape index (κ3) is 3.64. The quantitative estimate of drug-likeness (QED) is 0.923. The maximum atomic E-state index is 4.48. The molecule has 2 heterocycles. The molecule has 0 amide bonds. The number of aryl methyl sites for hydroxylation is 1. The highest BCUT2D eigenvalue weighted by Gasteiger charge is 2.35. The summed E-state index contributed by atoms with van der Waals surface area (Å²) in [5.74, 6) is 1.13. The normalized spacial score (nSPS) is 23.3. The van der Waals surface area contributed by atoms with Crippen LogP contribution in [-0.4, -0.2) is 44.8 Å². The molecule has 1 aromatic heterocycles. The van der Waals surface area contributed by atoms with Crippen molar-refractivity contribution in [2.24, 2.45) is 0 Å². The Kier molecular flexibility index (Phi) is 4.91. The van der Waals surface area contributed by atoms with Crippen LogP contribution in [0, 0.1) is 0 Å². The molecule has 1 aliphatic heterocycles. The molecule has 0 bridgehead atoms. The Balaban J connectivity index is 1.67. The minimum absolute atomic E-state index is 0.365. The van der Waals surface area contributed by atoms with Crippen LogP contribution in [0.3, 0.4) is 0 Å². The fraction of sp³-hybridized carbons (Fsp3) is 0.875. The van der Waals surface area contributed by atoms with E-state index in [0.29, 0.717) is 5.54 Å². The van der Waals surface area contributed by atoms with Gasteiger partial charge in [-0.25, -0.2) is 9.67 Å². The molecule has 1 aromatic rings. The van der Waals surface area contributed by atoms with Crippen LogP contribution in [0.2, 0.25) is 0 Å². The van der Waals surface area contributed by atoms with Crippen molar-refractivity contribution >= 4 is 0 Å². The van der Waals surface area contributed by atoms with E-state index in [1.165, 1.54) is 51.6 Å². The summed E-state index contributed by atoms with van der Waals surface area (Å²) < 4.78 is 2.08. The molecule has 1 aliphatic carbocycles. The molecular weight excluding hydrogens is 262 g/mol. The first-order valence-electron chi connectivity index (χ1n) is 8.65. The minimum atomic E-state index is 0.365. The van der Waals surface area contributed by atoms with Gasteiger partial charge < -0.3 is 5.32 Å². The lowest BCUT2D eigenvalue weighted by molar-refractivity contribution is 0.155. The Morgan fingerprint density at radius 2 is 2.10 bits per heavy atom. The third-order valence-electron chi connectivity index (χ3n) is 4.98. The summed E-state index contributed by atoms with van der Waals surface area (Å²) in [6, 6.07) is 0. The van der Waals surface area contributed by atoms with Crippen LogP contribution in [0.25, 0.3) is 0 Å². The molecule has 3 rings (SSSR count).